The average molecular weight is 489 g/mol. The van der Waals surface area contributed by atoms with E-state index in [0.717, 1.165) is 31.5 Å². The summed E-state index contributed by atoms with van der Waals surface area (Å²) < 4.78 is 11.2. The van der Waals surface area contributed by atoms with Crippen LogP contribution in [0.25, 0.3) is 22.8 Å². The topological polar surface area (TPSA) is 112 Å². The largest absolute Gasteiger partial charge is 0.490 e. The number of carbonyl (C=O) groups excluding carboxylic acids is 1. The Hall–Kier alpha value is -3.54. The zero-order valence-electron chi connectivity index (χ0n) is 21.0. The van der Waals surface area contributed by atoms with Crippen LogP contribution in [0.2, 0.25) is 0 Å². The van der Waals surface area contributed by atoms with Crippen molar-refractivity contribution in [3.8, 4) is 34.7 Å². The molecule has 1 atom stereocenters. The van der Waals surface area contributed by atoms with Crippen LogP contribution in [0.15, 0.2) is 40.9 Å². The van der Waals surface area contributed by atoms with Gasteiger partial charge in [0.1, 0.15) is 17.6 Å². The summed E-state index contributed by atoms with van der Waals surface area (Å²) in [6.45, 7) is 7.80. The number of fused-ring (bicyclic) bond motifs is 1. The Kier molecular flexibility index (Phi) is 8.14. The zero-order chi connectivity index (χ0) is 25.7. The summed E-state index contributed by atoms with van der Waals surface area (Å²) in [4.78, 5) is 19.1. The predicted molar refractivity (Wildman–Crippen MR) is 135 cm³/mol. The standard InChI is InChI=1S/C28H32N4O4/c1-18(2)35-26-7-6-23(14-24(26)15-29)28-30-27(31-36-28)22-5-4-20-8-10-32(11-9-21(20)13-22)16-25(34)12-19(3)17-33/h4-7,13-14,18-19,33H,8-12,16-17H2,1-3H3/t19-/m0/s1. The molecule has 3 aromatic rings. The Morgan fingerprint density at radius 3 is 2.61 bits per heavy atom. The minimum absolute atomic E-state index is 0.00175. The van der Waals surface area contributed by atoms with E-state index in [2.05, 4.69) is 33.2 Å². The maximum atomic E-state index is 12.3. The van der Waals surface area contributed by atoms with Gasteiger partial charge in [0.05, 0.1) is 18.2 Å². The number of ketones is 1. The first-order valence-corrected chi connectivity index (χ1v) is 12.4. The lowest BCUT2D eigenvalue weighted by atomic mass is 10.00. The number of carbonyl (C=O) groups is 1. The minimum atomic E-state index is -0.0336. The van der Waals surface area contributed by atoms with Gasteiger partial charge in [-0.25, -0.2) is 0 Å². The lowest BCUT2D eigenvalue weighted by Crippen LogP contribution is -2.32. The predicted octanol–water partition coefficient (Wildman–Crippen LogP) is 4.05. The van der Waals surface area contributed by atoms with Crippen LogP contribution in [0.4, 0.5) is 0 Å². The molecule has 8 nitrogen and oxygen atoms in total. The first-order valence-electron chi connectivity index (χ1n) is 12.4. The van der Waals surface area contributed by atoms with E-state index in [1.165, 1.54) is 11.1 Å². The minimum Gasteiger partial charge on any atom is -0.490 e. The summed E-state index contributed by atoms with van der Waals surface area (Å²) in [6, 6.07) is 13.6. The van der Waals surface area contributed by atoms with Crippen molar-refractivity contribution < 1.29 is 19.2 Å². The van der Waals surface area contributed by atoms with Crippen LogP contribution >= 0.6 is 0 Å². The number of hydrogen-bond donors (Lipinski definition) is 1. The normalized spacial score (nSPS) is 14.7. The number of rotatable bonds is 9. The van der Waals surface area contributed by atoms with Crippen LogP contribution in [-0.4, -0.2) is 58.3 Å². The van der Waals surface area contributed by atoms with Crippen molar-refractivity contribution in [3.63, 3.8) is 0 Å². The Morgan fingerprint density at radius 2 is 1.89 bits per heavy atom. The molecule has 8 heteroatoms. The molecule has 0 saturated heterocycles. The lowest BCUT2D eigenvalue weighted by molar-refractivity contribution is -0.121. The lowest BCUT2D eigenvalue weighted by Gasteiger charge is -2.19. The second kappa shape index (κ2) is 11.5. The fraction of sp³-hybridized carbons (Fsp3) is 0.429. The third-order valence-electron chi connectivity index (χ3n) is 6.28. The molecule has 1 aliphatic rings. The molecule has 2 aromatic carbocycles. The van der Waals surface area contributed by atoms with E-state index in [0.29, 0.717) is 41.6 Å². The molecule has 1 N–H and O–H groups in total. The van der Waals surface area contributed by atoms with Gasteiger partial charge >= 0.3 is 0 Å². The van der Waals surface area contributed by atoms with Gasteiger partial charge in [-0.05, 0) is 68.0 Å². The number of benzene rings is 2. The second-order valence-corrected chi connectivity index (χ2v) is 9.70. The highest BCUT2D eigenvalue weighted by atomic mass is 16.5. The number of Topliss-reactive ketones (excluding diaryl/α,β-unsaturated/α-hetero) is 1. The van der Waals surface area contributed by atoms with Gasteiger partial charge in [0.25, 0.3) is 5.89 Å². The number of aliphatic hydroxyl groups is 1. The van der Waals surface area contributed by atoms with E-state index < -0.39 is 0 Å². The van der Waals surface area contributed by atoms with Crippen LogP contribution in [0.5, 0.6) is 5.75 Å². The quantitative estimate of drug-likeness (QED) is 0.480. The van der Waals surface area contributed by atoms with E-state index >= 15 is 0 Å². The van der Waals surface area contributed by atoms with E-state index in [1.54, 1.807) is 12.1 Å². The summed E-state index contributed by atoms with van der Waals surface area (Å²) in [5.74, 6) is 1.53. The Labute approximate surface area is 211 Å². The van der Waals surface area contributed by atoms with Crippen molar-refractivity contribution in [3.05, 3.63) is 53.1 Å². The SMILES string of the molecule is CC(C)Oc1ccc(-c2nc(-c3ccc4c(c3)CCN(CC(=O)C[C@H](C)CO)CC4)no2)cc1C#N. The second-order valence-electron chi connectivity index (χ2n) is 9.70. The summed E-state index contributed by atoms with van der Waals surface area (Å²) in [5.41, 5.74) is 4.43. The Balaban J connectivity index is 1.47. The Morgan fingerprint density at radius 1 is 1.14 bits per heavy atom. The molecule has 0 bridgehead atoms. The Bertz CT molecular complexity index is 1260. The van der Waals surface area contributed by atoms with Crippen molar-refractivity contribution in [1.29, 1.82) is 5.26 Å². The molecular weight excluding hydrogens is 456 g/mol. The van der Waals surface area contributed by atoms with Crippen molar-refractivity contribution >= 4 is 5.78 Å². The molecule has 1 aromatic heterocycles. The summed E-state index contributed by atoms with van der Waals surface area (Å²) in [7, 11) is 0. The number of aromatic nitrogens is 2. The fourth-order valence-electron chi connectivity index (χ4n) is 4.40. The van der Waals surface area contributed by atoms with Crippen molar-refractivity contribution in [1.82, 2.24) is 15.0 Å². The van der Waals surface area contributed by atoms with Crippen molar-refractivity contribution in [2.45, 2.75) is 46.1 Å². The third kappa shape index (κ3) is 6.17. The molecular formula is C28H32N4O4. The molecule has 0 aliphatic carbocycles. The molecule has 0 spiro atoms. The maximum Gasteiger partial charge on any atom is 0.258 e. The van der Waals surface area contributed by atoms with Gasteiger partial charge in [-0.15, -0.1) is 0 Å². The van der Waals surface area contributed by atoms with Gasteiger partial charge in [-0.2, -0.15) is 10.2 Å². The molecule has 1 aliphatic heterocycles. The van der Waals surface area contributed by atoms with Gasteiger partial charge in [0.2, 0.25) is 5.82 Å². The summed E-state index contributed by atoms with van der Waals surface area (Å²) >= 11 is 0. The van der Waals surface area contributed by atoms with E-state index in [4.69, 9.17) is 9.26 Å². The first-order chi connectivity index (χ1) is 17.4. The fourth-order valence-corrected chi connectivity index (χ4v) is 4.40. The number of nitriles is 1. The van der Waals surface area contributed by atoms with Crippen molar-refractivity contribution in [2.24, 2.45) is 5.92 Å². The number of hydrogen-bond acceptors (Lipinski definition) is 8. The smallest absolute Gasteiger partial charge is 0.258 e. The summed E-state index contributed by atoms with van der Waals surface area (Å²) in [6.07, 6.45) is 2.08. The molecule has 0 amide bonds. The van der Waals surface area contributed by atoms with Gasteiger partial charge in [0, 0.05) is 37.2 Å². The molecule has 0 fully saturated rings. The first kappa shape index (κ1) is 25.5. The monoisotopic (exact) mass is 488 g/mol. The van der Waals surface area contributed by atoms with Crippen LogP contribution < -0.4 is 4.74 Å². The van der Waals surface area contributed by atoms with Gasteiger partial charge in [0.15, 0.2) is 0 Å². The van der Waals surface area contributed by atoms with E-state index in [1.807, 2.05) is 32.9 Å². The summed E-state index contributed by atoms with van der Waals surface area (Å²) in [5, 5.41) is 22.9. The van der Waals surface area contributed by atoms with Crippen LogP contribution in [-0.2, 0) is 17.6 Å². The molecule has 0 saturated carbocycles. The molecule has 0 unspecified atom stereocenters. The van der Waals surface area contributed by atoms with E-state index in [-0.39, 0.29) is 24.4 Å². The molecule has 36 heavy (non-hydrogen) atoms. The highest BCUT2D eigenvalue weighted by Crippen LogP contribution is 2.29. The van der Waals surface area contributed by atoms with Crippen molar-refractivity contribution in [2.75, 3.05) is 26.2 Å². The highest BCUT2D eigenvalue weighted by molar-refractivity contribution is 5.80. The molecule has 4 rings (SSSR count). The third-order valence-corrected chi connectivity index (χ3v) is 6.28. The van der Waals surface area contributed by atoms with Gasteiger partial charge in [-0.1, -0.05) is 24.2 Å². The maximum absolute atomic E-state index is 12.3. The number of ether oxygens (including phenoxy) is 1. The average Bonchev–Trinajstić information content (AvgIpc) is 3.27. The number of nitrogens with zero attached hydrogens (tertiary/aromatic N) is 4. The molecule has 0 radical (unpaired) electrons. The van der Waals surface area contributed by atoms with Crippen LogP contribution in [0.1, 0.15) is 43.9 Å². The zero-order valence-corrected chi connectivity index (χ0v) is 21.0. The van der Waals surface area contributed by atoms with Crippen LogP contribution in [0, 0.1) is 17.2 Å². The highest BCUT2D eigenvalue weighted by Gasteiger charge is 2.19. The van der Waals surface area contributed by atoms with Crippen LogP contribution in [0.3, 0.4) is 0 Å². The number of aliphatic hydroxyl groups excluding tert-OH is 1. The van der Waals surface area contributed by atoms with Gasteiger partial charge in [-0.3, -0.25) is 9.69 Å². The molecule has 2 heterocycles. The van der Waals surface area contributed by atoms with Gasteiger partial charge < -0.3 is 14.4 Å². The van der Waals surface area contributed by atoms with E-state index in [9.17, 15) is 15.2 Å². The molecule has 188 valence electrons.